The van der Waals surface area contributed by atoms with Crippen LogP contribution in [-0.4, -0.2) is 58.8 Å². The van der Waals surface area contributed by atoms with Gasteiger partial charge in [0.1, 0.15) is 17.1 Å². The number of ether oxygens (including phenoxy) is 4. The van der Waals surface area contributed by atoms with Crippen molar-refractivity contribution in [1.29, 1.82) is 0 Å². The Kier molecular flexibility index (Phi) is 9.74. The smallest absolute Gasteiger partial charge is 0.427 e. The minimum absolute atomic E-state index is 0.0373. The summed E-state index contributed by atoms with van der Waals surface area (Å²) in [7, 11) is 1.52. The number of nitrogens with zero attached hydrogens (tertiary/aromatic N) is 2. The Morgan fingerprint density at radius 3 is 1.95 bits per heavy atom. The molecule has 1 saturated carbocycles. The lowest BCUT2D eigenvalue weighted by molar-refractivity contribution is -0.123. The number of benzene rings is 1. The minimum atomic E-state index is -1.18. The summed E-state index contributed by atoms with van der Waals surface area (Å²) in [6, 6.07) is 4.92. The van der Waals surface area contributed by atoms with E-state index < -0.39 is 29.3 Å². The number of rotatable bonds is 7. The van der Waals surface area contributed by atoms with Crippen molar-refractivity contribution in [2.45, 2.75) is 79.4 Å². The van der Waals surface area contributed by atoms with Gasteiger partial charge in [-0.25, -0.2) is 14.4 Å². The number of carbonyl (C=O) groups excluding carboxylic acids is 4. The Balaban J connectivity index is 2.19. The van der Waals surface area contributed by atoms with E-state index in [0.717, 1.165) is 12.8 Å². The lowest BCUT2D eigenvalue weighted by atomic mass is 10.0. The number of allylic oxidation sites excluding steroid dienone is 5. The maximum atomic E-state index is 14.3. The molecule has 0 spiro atoms. The van der Waals surface area contributed by atoms with Crippen molar-refractivity contribution in [2.75, 3.05) is 13.7 Å². The minimum Gasteiger partial charge on any atom is -0.493 e. The van der Waals surface area contributed by atoms with Gasteiger partial charge in [0.25, 0.3) is 5.91 Å². The van der Waals surface area contributed by atoms with Crippen LogP contribution < -0.4 is 9.47 Å². The number of hydrogen-bond donors (Lipinski definition) is 0. The average molecular weight is 581 g/mol. The van der Waals surface area contributed by atoms with E-state index in [1.54, 1.807) is 90.6 Å². The van der Waals surface area contributed by atoms with Crippen LogP contribution in [0, 0.1) is 5.92 Å². The van der Waals surface area contributed by atoms with Gasteiger partial charge in [-0.05, 0) is 104 Å². The first kappa shape index (κ1) is 32.2. The van der Waals surface area contributed by atoms with Crippen LogP contribution in [0.1, 0.15) is 73.8 Å². The molecule has 1 heterocycles. The summed E-state index contributed by atoms with van der Waals surface area (Å²) in [5.41, 5.74) is -0.141. The molecule has 10 heteroatoms. The molecule has 0 bridgehead atoms. The third kappa shape index (κ3) is 8.60. The van der Waals surface area contributed by atoms with E-state index >= 15 is 0 Å². The Morgan fingerprint density at radius 2 is 1.50 bits per heavy atom. The molecule has 0 atom stereocenters. The second kappa shape index (κ2) is 12.7. The van der Waals surface area contributed by atoms with Gasteiger partial charge in [0.2, 0.25) is 0 Å². The fourth-order valence-electron chi connectivity index (χ4n) is 3.98. The van der Waals surface area contributed by atoms with Crippen LogP contribution in [0.2, 0.25) is 0 Å². The highest BCUT2D eigenvalue weighted by molar-refractivity contribution is 6.28. The molecule has 1 aliphatic carbocycles. The molecule has 0 radical (unpaired) electrons. The fraction of sp³-hybridized carbons (Fsp3) is 0.469. The molecule has 0 aromatic heterocycles. The van der Waals surface area contributed by atoms with Gasteiger partial charge in [-0.3, -0.25) is 4.79 Å². The SMILES string of the molecule is COc1ccc(C(=CN2C(C)=CC(=C=O)C=C2C)C(=O)N(C(=O)OC(C)(C)C)C(=O)OC(C)(C)C)cc1OCC1CC1. The van der Waals surface area contributed by atoms with E-state index in [1.165, 1.54) is 13.3 Å². The zero-order chi connectivity index (χ0) is 31.4. The molecule has 1 aromatic rings. The van der Waals surface area contributed by atoms with Gasteiger partial charge >= 0.3 is 12.2 Å². The zero-order valence-corrected chi connectivity index (χ0v) is 25.8. The van der Waals surface area contributed by atoms with Crippen LogP contribution in [0.3, 0.4) is 0 Å². The third-order valence-corrected chi connectivity index (χ3v) is 6.10. The predicted octanol–water partition coefficient (Wildman–Crippen LogP) is 6.40. The van der Waals surface area contributed by atoms with Gasteiger partial charge in [-0.2, -0.15) is 0 Å². The summed E-state index contributed by atoms with van der Waals surface area (Å²) in [4.78, 5) is 54.3. The van der Waals surface area contributed by atoms with Gasteiger partial charge in [-0.1, -0.05) is 6.07 Å². The van der Waals surface area contributed by atoms with Crippen molar-refractivity contribution in [3.8, 4) is 11.5 Å². The highest BCUT2D eigenvalue weighted by atomic mass is 16.6. The van der Waals surface area contributed by atoms with Crippen molar-refractivity contribution in [1.82, 2.24) is 9.80 Å². The number of methoxy groups -OCH3 is 1. The Bertz CT molecular complexity index is 1330. The van der Waals surface area contributed by atoms with Crippen LogP contribution in [0.4, 0.5) is 9.59 Å². The van der Waals surface area contributed by atoms with Crippen molar-refractivity contribution in [3.63, 3.8) is 0 Å². The van der Waals surface area contributed by atoms with E-state index in [0.29, 0.717) is 51.5 Å². The maximum absolute atomic E-state index is 14.3. The summed E-state index contributed by atoms with van der Waals surface area (Å²) in [6.45, 7) is 13.8. The van der Waals surface area contributed by atoms with Crippen molar-refractivity contribution >= 4 is 29.6 Å². The number of amides is 3. The van der Waals surface area contributed by atoms with Crippen LogP contribution in [0.25, 0.3) is 5.57 Å². The van der Waals surface area contributed by atoms with Crippen LogP contribution in [0.15, 0.2) is 53.5 Å². The molecular weight excluding hydrogens is 540 g/mol. The van der Waals surface area contributed by atoms with E-state index in [4.69, 9.17) is 18.9 Å². The molecule has 2 aliphatic rings. The number of carbonyl (C=O) groups is 3. The van der Waals surface area contributed by atoms with Crippen LogP contribution in [0.5, 0.6) is 11.5 Å². The quantitative estimate of drug-likeness (QED) is 0.267. The average Bonchev–Trinajstić information content (AvgIpc) is 3.69. The molecule has 1 aromatic carbocycles. The second-order valence-corrected chi connectivity index (χ2v) is 12.3. The zero-order valence-electron chi connectivity index (χ0n) is 25.8. The first-order chi connectivity index (χ1) is 19.5. The molecule has 3 amide bonds. The molecule has 10 nitrogen and oxygen atoms in total. The second-order valence-electron chi connectivity index (χ2n) is 12.3. The van der Waals surface area contributed by atoms with Crippen molar-refractivity contribution in [2.24, 2.45) is 5.92 Å². The summed E-state index contributed by atoms with van der Waals surface area (Å²) < 4.78 is 22.4. The van der Waals surface area contributed by atoms with E-state index in [9.17, 15) is 19.2 Å². The maximum Gasteiger partial charge on any atom is 0.427 e. The molecule has 3 rings (SSSR count). The molecule has 1 aliphatic heterocycles. The Labute approximate surface area is 247 Å². The molecule has 1 fully saturated rings. The molecule has 0 N–H and O–H groups in total. The highest BCUT2D eigenvalue weighted by Crippen LogP contribution is 2.36. The van der Waals surface area contributed by atoms with Crippen molar-refractivity contribution < 1.29 is 38.1 Å². The van der Waals surface area contributed by atoms with Crippen LogP contribution >= 0.6 is 0 Å². The summed E-state index contributed by atoms with van der Waals surface area (Å²) in [5.74, 6) is 2.23. The Morgan fingerprint density at radius 1 is 0.952 bits per heavy atom. The number of hydrogen-bond acceptors (Lipinski definition) is 9. The predicted molar refractivity (Wildman–Crippen MR) is 157 cm³/mol. The first-order valence-electron chi connectivity index (χ1n) is 13.8. The largest absolute Gasteiger partial charge is 0.493 e. The standard InChI is InChI=1S/C32H40N2O8/c1-20-14-23(18-35)15-21(2)33(20)17-25(24-12-13-26(39-9)27(16-24)40-19-22-10-11-22)28(36)34(29(37)41-31(3,4)5)30(38)42-32(6,7)8/h12-17,22H,10-11,19H2,1-9H3. The van der Waals surface area contributed by atoms with Gasteiger partial charge < -0.3 is 23.8 Å². The molecule has 42 heavy (non-hydrogen) atoms. The van der Waals surface area contributed by atoms with Gasteiger partial charge in [0.05, 0.1) is 24.9 Å². The summed E-state index contributed by atoms with van der Waals surface area (Å²) in [6.07, 6.45) is 4.50. The molecule has 226 valence electrons. The topological polar surface area (TPSA) is 112 Å². The first-order valence-corrected chi connectivity index (χ1v) is 13.8. The normalized spacial score (nSPS) is 15.7. The lowest BCUT2D eigenvalue weighted by Crippen LogP contribution is -2.47. The van der Waals surface area contributed by atoms with E-state index in [2.05, 4.69) is 0 Å². The molecule has 0 unspecified atom stereocenters. The lowest BCUT2D eigenvalue weighted by Gasteiger charge is -2.30. The number of imide groups is 3. The fourth-order valence-corrected chi connectivity index (χ4v) is 3.98. The molecular formula is C32H40N2O8. The third-order valence-electron chi connectivity index (χ3n) is 6.10. The molecule has 0 saturated heterocycles. The van der Waals surface area contributed by atoms with E-state index in [-0.39, 0.29) is 5.57 Å². The highest BCUT2D eigenvalue weighted by Gasteiger charge is 2.39. The van der Waals surface area contributed by atoms with E-state index in [1.807, 2.05) is 5.94 Å². The Hall–Kier alpha value is -4.30. The van der Waals surface area contributed by atoms with Gasteiger partial charge in [0, 0.05) is 17.6 Å². The monoisotopic (exact) mass is 580 g/mol. The summed E-state index contributed by atoms with van der Waals surface area (Å²) in [5, 5.41) is 0. The van der Waals surface area contributed by atoms with Crippen LogP contribution in [-0.2, 0) is 19.1 Å². The summed E-state index contributed by atoms with van der Waals surface area (Å²) >= 11 is 0. The van der Waals surface area contributed by atoms with Gasteiger partial charge in [-0.15, -0.1) is 4.90 Å². The van der Waals surface area contributed by atoms with Gasteiger partial charge in [0.15, 0.2) is 11.5 Å². The van der Waals surface area contributed by atoms with Crippen molar-refractivity contribution in [3.05, 3.63) is 59.1 Å².